The van der Waals surface area contributed by atoms with Crippen LogP contribution in [-0.4, -0.2) is 41.0 Å². The Bertz CT molecular complexity index is 1170. The van der Waals surface area contributed by atoms with Gasteiger partial charge in [-0.15, -0.1) is 11.3 Å². The molecule has 1 saturated heterocycles. The molecule has 4 rings (SSSR count). The number of hydrogen-bond donors (Lipinski definition) is 2. The SMILES string of the molecule is Cc1cc(N2CCN(Cc3ccc(F)cc3)C2=O)sc1C(=O)NCc1ccc(C(=O)O)o1. The van der Waals surface area contributed by atoms with E-state index >= 15 is 0 Å². The average Bonchev–Trinajstić information content (AvgIpc) is 3.47. The zero-order chi connectivity index (χ0) is 22.8. The maximum absolute atomic E-state index is 13.1. The Labute approximate surface area is 186 Å². The van der Waals surface area contributed by atoms with Gasteiger partial charge >= 0.3 is 12.0 Å². The number of carboxylic acid groups (broad SMARTS) is 1. The van der Waals surface area contributed by atoms with Crippen LogP contribution in [0.15, 0.2) is 46.9 Å². The van der Waals surface area contributed by atoms with E-state index in [1.165, 1.54) is 35.6 Å². The highest BCUT2D eigenvalue weighted by atomic mass is 32.1. The van der Waals surface area contributed by atoms with Crippen LogP contribution in [-0.2, 0) is 13.1 Å². The highest BCUT2D eigenvalue weighted by Crippen LogP contribution is 2.32. The second-order valence-corrected chi connectivity index (χ2v) is 8.36. The standard InChI is InChI=1S/C22H20FN3O5S/c1-13-10-18(26-9-8-25(22(26)30)12-14-2-4-15(23)5-3-14)32-19(13)20(27)24-11-16-6-7-17(31-16)21(28)29/h2-7,10H,8-9,11-12H2,1H3,(H,24,27)(H,28,29). The van der Waals surface area contributed by atoms with E-state index in [-0.39, 0.29) is 30.1 Å². The van der Waals surface area contributed by atoms with Gasteiger partial charge in [0.25, 0.3) is 5.91 Å². The molecule has 0 atom stereocenters. The number of rotatable bonds is 7. The summed E-state index contributed by atoms with van der Waals surface area (Å²) in [6, 6.07) is 10.5. The van der Waals surface area contributed by atoms with Crippen LogP contribution in [0.25, 0.3) is 0 Å². The Balaban J connectivity index is 1.40. The smallest absolute Gasteiger partial charge is 0.371 e. The van der Waals surface area contributed by atoms with Gasteiger partial charge in [0.2, 0.25) is 5.76 Å². The molecule has 8 nitrogen and oxygen atoms in total. The number of thiophene rings is 1. The van der Waals surface area contributed by atoms with E-state index in [2.05, 4.69) is 5.32 Å². The van der Waals surface area contributed by atoms with Gasteiger partial charge in [0.15, 0.2) is 0 Å². The maximum Gasteiger partial charge on any atom is 0.371 e. The molecular weight excluding hydrogens is 437 g/mol. The highest BCUT2D eigenvalue weighted by Gasteiger charge is 2.31. The van der Waals surface area contributed by atoms with Crippen molar-refractivity contribution < 1.29 is 28.3 Å². The van der Waals surface area contributed by atoms with E-state index in [0.29, 0.717) is 35.3 Å². The summed E-state index contributed by atoms with van der Waals surface area (Å²) >= 11 is 1.22. The van der Waals surface area contributed by atoms with Gasteiger partial charge in [-0.25, -0.2) is 14.0 Å². The summed E-state index contributed by atoms with van der Waals surface area (Å²) in [6.45, 7) is 3.24. The summed E-state index contributed by atoms with van der Waals surface area (Å²) < 4.78 is 18.2. The largest absolute Gasteiger partial charge is 0.475 e. The van der Waals surface area contributed by atoms with Crippen LogP contribution in [0.4, 0.5) is 14.2 Å². The second-order valence-electron chi connectivity index (χ2n) is 7.33. The van der Waals surface area contributed by atoms with Gasteiger partial charge in [0.05, 0.1) is 11.4 Å². The normalized spacial score (nSPS) is 13.6. The first-order valence-electron chi connectivity index (χ1n) is 9.83. The first-order valence-corrected chi connectivity index (χ1v) is 10.6. The molecule has 0 radical (unpaired) electrons. The molecule has 2 N–H and O–H groups in total. The number of benzene rings is 1. The molecule has 1 aliphatic rings. The fourth-order valence-electron chi connectivity index (χ4n) is 3.40. The van der Waals surface area contributed by atoms with Gasteiger partial charge in [-0.1, -0.05) is 12.1 Å². The lowest BCUT2D eigenvalue weighted by molar-refractivity contribution is 0.0660. The fourth-order valence-corrected chi connectivity index (χ4v) is 4.51. The van der Waals surface area contributed by atoms with Crippen molar-refractivity contribution in [1.82, 2.24) is 10.2 Å². The predicted octanol–water partition coefficient (Wildman–Crippen LogP) is 3.86. The third-order valence-electron chi connectivity index (χ3n) is 5.05. The number of hydrogen-bond acceptors (Lipinski definition) is 5. The molecule has 10 heteroatoms. The van der Waals surface area contributed by atoms with E-state index in [0.717, 1.165) is 11.1 Å². The Morgan fingerprint density at radius 3 is 2.62 bits per heavy atom. The number of anilines is 1. The lowest BCUT2D eigenvalue weighted by atomic mass is 10.2. The number of aryl methyl sites for hydroxylation is 1. The van der Waals surface area contributed by atoms with Crippen LogP contribution < -0.4 is 10.2 Å². The van der Waals surface area contributed by atoms with Crippen molar-refractivity contribution >= 4 is 34.2 Å². The van der Waals surface area contributed by atoms with Crippen LogP contribution in [0.5, 0.6) is 0 Å². The minimum atomic E-state index is -1.18. The molecule has 3 amide bonds. The molecule has 0 aliphatic carbocycles. The summed E-state index contributed by atoms with van der Waals surface area (Å²) in [5.41, 5.74) is 1.57. The van der Waals surface area contributed by atoms with E-state index < -0.39 is 5.97 Å². The topological polar surface area (TPSA) is 103 Å². The summed E-state index contributed by atoms with van der Waals surface area (Å²) in [6.07, 6.45) is 0. The van der Waals surface area contributed by atoms with Crippen molar-refractivity contribution in [2.45, 2.75) is 20.0 Å². The van der Waals surface area contributed by atoms with Crippen LogP contribution >= 0.6 is 11.3 Å². The van der Waals surface area contributed by atoms with Crippen LogP contribution in [0.3, 0.4) is 0 Å². The van der Waals surface area contributed by atoms with E-state index in [1.807, 2.05) is 0 Å². The lowest BCUT2D eigenvalue weighted by Crippen LogP contribution is -2.31. The monoisotopic (exact) mass is 457 g/mol. The number of aromatic carboxylic acids is 1. The van der Waals surface area contributed by atoms with E-state index in [9.17, 15) is 18.8 Å². The molecule has 166 valence electrons. The third-order valence-corrected chi connectivity index (χ3v) is 6.31. The van der Waals surface area contributed by atoms with Crippen molar-refractivity contribution in [3.05, 3.63) is 75.8 Å². The number of furan rings is 1. The molecule has 2 aromatic heterocycles. The van der Waals surface area contributed by atoms with Gasteiger partial charge < -0.3 is 19.7 Å². The molecule has 0 saturated carbocycles. The highest BCUT2D eigenvalue weighted by molar-refractivity contribution is 7.18. The van der Waals surface area contributed by atoms with Gasteiger partial charge in [0.1, 0.15) is 16.6 Å². The fraction of sp³-hybridized carbons (Fsp3) is 0.227. The molecular formula is C22H20FN3O5S. The molecule has 32 heavy (non-hydrogen) atoms. The maximum atomic E-state index is 13.1. The number of nitrogens with one attached hydrogen (secondary N) is 1. The van der Waals surface area contributed by atoms with Crippen molar-refractivity contribution in [1.29, 1.82) is 0 Å². The number of nitrogens with zero attached hydrogens (tertiary/aromatic N) is 2. The van der Waals surface area contributed by atoms with Crippen molar-refractivity contribution in [3.63, 3.8) is 0 Å². The molecule has 0 spiro atoms. The number of urea groups is 1. The summed E-state index contributed by atoms with van der Waals surface area (Å²) in [5.74, 6) is -1.69. The van der Waals surface area contributed by atoms with Crippen molar-refractivity contribution in [2.24, 2.45) is 0 Å². The van der Waals surface area contributed by atoms with Gasteiger partial charge in [0, 0.05) is 19.6 Å². The Hall–Kier alpha value is -3.66. The Kier molecular flexibility index (Phi) is 5.95. The second kappa shape index (κ2) is 8.83. The van der Waals surface area contributed by atoms with Crippen LogP contribution in [0.1, 0.15) is 37.1 Å². The van der Waals surface area contributed by atoms with Gasteiger partial charge in [-0.05, 0) is 48.4 Å². The number of halogens is 1. The Morgan fingerprint density at radius 1 is 1.19 bits per heavy atom. The first kappa shape index (κ1) is 21.6. The molecule has 0 bridgehead atoms. The van der Waals surface area contributed by atoms with Crippen molar-refractivity contribution in [3.8, 4) is 0 Å². The van der Waals surface area contributed by atoms with E-state index in [4.69, 9.17) is 9.52 Å². The summed E-state index contributed by atoms with van der Waals surface area (Å²) in [5, 5.41) is 12.3. The van der Waals surface area contributed by atoms with Gasteiger partial charge in [-0.2, -0.15) is 0 Å². The minimum absolute atomic E-state index is 0.0485. The van der Waals surface area contributed by atoms with Crippen molar-refractivity contribution in [2.75, 3.05) is 18.0 Å². The molecule has 1 fully saturated rings. The molecule has 0 unspecified atom stereocenters. The molecule has 1 aromatic carbocycles. The summed E-state index contributed by atoms with van der Waals surface area (Å²) in [7, 11) is 0. The number of amides is 3. The quantitative estimate of drug-likeness (QED) is 0.561. The number of carboxylic acids is 1. The minimum Gasteiger partial charge on any atom is -0.475 e. The molecule has 3 heterocycles. The lowest BCUT2D eigenvalue weighted by Gasteiger charge is -2.17. The molecule has 1 aliphatic heterocycles. The zero-order valence-electron chi connectivity index (χ0n) is 17.1. The van der Waals surface area contributed by atoms with E-state index in [1.54, 1.807) is 34.9 Å². The zero-order valence-corrected chi connectivity index (χ0v) is 17.9. The average molecular weight is 457 g/mol. The van der Waals surface area contributed by atoms with Crippen LogP contribution in [0, 0.1) is 12.7 Å². The van der Waals surface area contributed by atoms with Gasteiger partial charge in [-0.3, -0.25) is 9.69 Å². The Morgan fingerprint density at radius 2 is 1.94 bits per heavy atom. The number of carbonyl (C=O) groups is 3. The summed E-state index contributed by atoms with van der Waals surface area (Å²) in [4.78, 5) is 40.1. The number of carbonyl (C=O) groups excluding carboxylic acids is 2. The molecule has 3 aromatic rings. The van der Waals surface area contributed by atoms with Crippen LogP contribution in [0.2, 0.25) is 0 Å². The predicted molar refractivity (Wildman–Crippen MR) is 115 cm³/mol. The first-order chi connectivity index (χ1) is 15.3. The third kappa shape index (κ3) is 4.50.